The number of amides is 2. The number of piperazine rings is 1. The molecular formula is C14H17N2O2. The summed E-state index contributed by atoms with van der Waals surface area (Å²) in [5.41, 5.74) is 0.703. The first kappa shape index (κ1) is 12.6. The van der Waals surface area contributed by atoms with E-state index in [1.54, 1.807) is 9.80 Å². The van der Waals surface area contributed by atoms with Gasteiger partial charge in [-0.3, -0.25) is 9.59 Å². The minimum Gasteiger partial charge on any atom is -0.339 e. The molecule has 0 atom stereocenters. The summed E-state index contributed by atoms with van der Waals surface area (Å²) in [6, 6.07) is 9.23. The number of carbonyl (C=O) groups is 2. The van der Waals surface area contributed by atoms with Crippen molar-refractivity contribution in [2.75, 3.05) is 26.2 Å². The molecule has 0 bridgehead atoms. The highest BCUT2D eigenvalue weighted by Gasteiger charge is 2.23. The van der Waals surface area contributed by atoms with E-state index in [1.165, 1.54) is 0 Å². The molecule has 0 unspecified atom stereocenters. The maximum absolute atomic E-state index is 12.2. The Kier molecular flexibility index (Phi) is 3.97. The van der Waals surface area contributed by atoms with Gasteiger partial charge in [0, 0.05) is 38.2 Å². The Hall–Kier alpha value is -1.84. The lowest BCUT2D eigenvalue weighted by atomic mass is 10.2. The van der Waals surface area contributed by atoms with E-state index in [0.29, 0.717) is 31.7 Å². The van der Waals surface area contributed by atoms with Gasteiger partial charge in [0.25, 0.3) is 5.91 Å². The van der Waals surface area contributed by atoms with Crippen LogP contribution in [0, 0.1) is 6.92 Å². The van der Waals surface area contributed by atoms with E-state index in [0.717, 1.165) is 0 Å². The molecule has 18 heavy (non-hydrogen) atoms. The number of benzene rings is 1. The Morgan fingerprint density at radius 1 is 1.00 bits per heavy atom. The van der Waals surface area contributed by atoms with Crippen molar-refractivity contribution in [3.05, 3.63) is 42.8 Å². The molecule has 0 saturated carbocycles. The van der Waals surface area contributed by atoms with Crippen LogP contribution in [0.5, 0.6) is 0 Å². The fourth-order valence-electron chi connectivity index (χ4n) is 2.08. The lowest BCUT2D eigenvalue weighted by molar-refractivity contribution is -0.131. The molecule has 1 aromatic rings. The molecule has 1 fully saturated rings. The molecule has 95 valence electrons. The summed E-state index contributed by atoms with van der Waals surface area (Å²) in [7, 11) is 0. The number of hydrogen-bond acceptors (Lipinski definition) is 2. The second kappa shape index (κ2) is 5.67. The van der Waals surface area contributed by atoms with Crippen molar-refractivity contribution in [3.8, 4) is 0 Å². The van der Waals surface area contributed by atoms with Crippen LogP contribution in [0.1, 0.15) is 16.8 Å². The molecule has 4 nitrogen and oxygen atoms in total. The molecule has 0 aliphatic carbocycles. The maximum Gasteiger partial charge on any atom is 0.253 e. The average Bonchev–Trinajstić information content (AvgIpc) is 2.47. The molecule has 1 aromatic carbocycles. The van der Waals surface area contributed by atoms with Gasteiger partial charge in [-0.25, -0.2) is 0 Å². The van der Waals surface area contributed by atoms with Crippen molar-refractivity contribution in [1.29, 1.82) is 0 Å². The van der Waals surface area contributed by atoms with E-state index in [9.17, 15) is 9.59 Å². The standard InChI is InChI=1S/C14H17N2O2/c1-2-13(17)15-8-10-16(11-9-15)14(18)12-6-4-3-5-7-12/h3-7H,1-2,8-11H2. The third-order valence-corrected chi connectivity index (χ3v) is 3.15. The van der Waals surface area contributed by atoms with Gasteiger partial charge in [-0.2, -0.15) is 0 Å². The van der Waals surface area contributed by atoms with Crippen LogP contribution in [0.3, 0.4) is 0 Å². The Labute approximate surface area is 107 Å². The Bertz CT molecular complexity index is 423. The zero-order chi connectivity index (χ0) is 13.0. The smallest absolute Gasteiger partial charge is 0.253 e. The van der Waals surface area contributed by atoms with Crippen LogP contribution in [0.4, 0.5) is 0 Å². The van der Waals surface area contributed by atoms with Crippen LogP contribution in [-0.4, -0.2) is 47.8 Å². The van der Waals surface area contributed by atoms with E-state index in [1.807, 2.05) is 30.3 Å². The molecule has 0 spiro atoms. The van der Waals surface area contributed by atoms with Crippen LogP contribution >= 0.6 is 0 Å². The maximum atomic E-state index is 12.2. The Morgan fingerprint density at radius 3 is 2.11 bits per heavy atom. The number of nitrogens with zero attached hydrogens (tertiary/aromatic N) is 2. The average molecular weight is 245 g/mol. The van der Waals surface area contributed by atoms with Gasteiger partial charge >= 0.3 is 0 Å². The lowest BCUT2D eigenvalue weighted by Crippen LogP contribution is -2.50. The van der Waals surface area contributed by atoms with Gasteiger partial charge < -0.3 is 9.80 Å². The fraction of sp³-hybridized carbons (Fsp3) is 0.357. The molecule has 1 radical (unpaired) electrons. The lowest BCUT2D eigenvalue weighted by Gasteiger charge is -2.34. The van der Waals surface area contributed by atoms with Crippen molar-refractivity contribution in [2.24, 2.45) is 0 Å². The molecule has 1 saturated heterocycles. The predicted molar refractivity (Wildman–Crippen MR) is 68.9 cm³/mol. The first-order valence-electron chi connectivity index (χ1n) is 6.13. The minimum atomic E-state index is 0.0392. The highest BCUT2D eigenvalue weighted by Crippen LogP contribution is 2.09. The number of rotatable bonds is 2. The molecule has 2 rings (SSSR count). The van der Waals surface area contributed by atoms with E-state index in [2.05, 4.69) is 6.92 Å². The van der Waals surface area contributed by atoms with Crippen LogP contribution in [0.15, 0.2) is 30.3 Å². The minimum absolute atomic E-state index is 0.0392. The summed E-state index contributed by atoms with van der Waals surface area (Å²) in [5.74, 6) is 0.0964. The summed E-state index contributed by atoms with van der Waals surface area (Å²) in [6.07, 6.45) is 0.284. The van der Waals surface area contributed by atoms with Gasteiger partial charge in [-0.1, -0.05) is 18.2 Å². The van der Waals surface area contributed by atoms with Crippen LogP contribution < -0.4 is 0 Å². The third-order valence-electron chi connectivity index (χ3n) is 3.15. The van der Waals surface area contributed by atoms with Crippen molar-refractivity contribution >= 4 is 11.8 Å². The molecule has 4 heteroatoms. The van der Waals surface area contributed by atoms with Crippen LogP contribution in [-0.2, 0) is 4.79 Å². The number of hydrogen-bond donors (Lipinski definition) is 0. The zero-order valence-electron chi connectivity index (χ0n) is 10.3. The van der Waals surface area contributed by atoms with Crippen molar-refractivity contribution < 1.29 is 9.59 Å². The molecule has 1 aliphatic rings. The van der Waals surface area contributed by atoms with Gasteiger partial charge in [0.15, 0.2) is 0 Å². The normalized spacial score (nSPS) is 15.6. The number of carbonyl (C=O) groups excluding carboxylic acids is 2. The van der Waals surface area contributed by atoms with Gasteiger partial charge in [0.05, 0.1) is 0 Å². The van der Waals surface area contributed by atoms with E-state index in [-0.39, 0.29) is 18.2 Å². The molecule has 1 aliphatic heterocycles. The van der Waals surface area contributed by atoms with Crippen molar-refractivity contribution in [1.82, 2.24) is 9.80 Å². The van der Waals surface area contributed by atoms with Crippen molar-refractivity contribution in [2.45, 2.75) is 6.42 Å². The van der Waals surface area contributed by atoms with Gasteiger partial charge in [0.1, 0.15) is 0 Å². The Balaban J connectivity index is 1.94. The van der Waals surface area contributed by atoms with Crippen LogP contribution in [0.2, 0.25) is 0 Å². The summed E-state index contributed by atoms with van der Waals surface area (Å²) in [5, 5.41) is 0. The molecule has 0 aromatic heterocycles. The van der Waals surface area contributed by atoms with Gasteiger partial charge in [0.2, 0.25) is 5.91 Å². The summed E-state index contributed by atoms with van der Waals surface area (Å²) in [6.45, 7) is 5.99. The zero-order valence-corrected chi connectivity index (χ0v) is 10.3. The summed E-state index contributed by atoms with van der Waals surface area (Å²) in [4.78, 5) is 27.2. The second-order valence-corrected chi connectivity index (χ2v) is 4.29. The molecular weight excluding hydrogens is 228 g/mol. The quantitative estimate of drug-likeness (QED) is 0.785. The first-order valence-corrected chi connectivity index (χ1v) is 6.13. The fourth-order valence-corrected chi connectivity index (χ4v) is 2.08. The van der Waals surface area contributed by atoms with Crippen LogP contribution in [0.25, 0.3) is 0 Å². The molecule has 2 amide bonds. The Morgan fingerprint density at radius 2 is 1.56 bits per heavy atom. The first-order chi connectivity index (χ1) is 8.72. The molecule has 1 heterocycles. The van der Waals surface area contributed by atoms with Gasteiger partial charge in [-0.05, 0) is 19.1 Å². The molecule has 0 N–H and O–H groups in total. The van der Waals surface area contributed by atoms with E-state index in [4.69, 9.17) is 0 Å². The summed E-state index contributed by atoms with van der Waals surface area (Å²) < 4.78 is 0. The second-order valence-electron chi connectivity index (χ2n) is 4.29. The van der Waals surface area contributed by atoms with E-state index < -0.39 is 0 Å². The highest BCUT2D eigenvalue weighted by atomic mass is 16.2. The van der Waals surface area contributed by atoms with E-state index >= 15 is 0 Å². The summed E-state index contributed by atoms with van der Waals surface area (Å²) >= 11 is 0. The highest BCUT2D eigenvalue weighted by molar-refractivity contribution is 5.94. The van der Waals surface area contributed by atoms with Crippen molar-refractivity contribution in [3.63, 3.8) is 0 Å². The monoisotopic (exact) mass is 245 g/mol. The topological polar surface area (TPSA) is 40.6 Å². The SMILES string of the molecule is [CH2]CC(=O)N1CCN(C(=O)c2ccccc2)CC1. The van der Waals surface area contributed by atoms with Gasteiger partial charge in [-0.15, -0.1) is 0 Å². The third kappa shape index (κ3) is 2.70. The predicted octanol–water partition coefficient (Wildman–Crippen LogP) is 1.20. The largest absolute Gasteiger partial charge is 0.339 e.